The molecule has 0 spiro atoms. The second-order valence-corrected chi connectivity index (χ2v) is 21.7. The number of hydrogen-bond acceptors (Lipinski definition) is 0. The molecule has 4 aliphatic carbocycles. The van der Waals surface area contributed by atoms with E-state index < -0.39 is 20.3 Å². The standard InChI is InChI=1S/C13H9.2C6H11.C5H5.Zr/c1-3-7-12-10(5-1)9-11-6-2-4-8-13(11)12;2*1-2-4-6-5-3-1;1-2-4-5-3-1;/h1-5,7-8H,9H2;2*1H,2-6H2;1-3H,4H2;. The van der Waals surface area contributed by atoms with E-state index in [9.17, 15) is 0 Å². The van der Waals surface area contributed by atoms with Crippen LogP contribution < -0.4 is 3.27 Å². The molecule has 0 amide bonds. The summed E-state index contributed by atoms with van der Waals surface area (Å²) < 4.78 is 5.93. The molecule has 0 nitrogen and oxygen atoms in total. The molecule has 2 fully saturated rings. The van der Waals surface area contributed by atoms with Crippen LogP contribution in [0.2, 0.25) is 7.25 Å². The second kappa shape index (κ2) is 8.63. The Kier molecular flexibility index (Phi) is 5.68. The molecule has 0 unspecified atom stereocenters. The van der Waals surface area contributed by atoms with Gasteiger partial charge in [-0.15, -0.1) is 0 Å². The van der Waals surface area contributed by atoms with Crippen molar-refractivity contribution < 1.29 is 20.3 Å². The first-order chi connectivity index (χ1) is 15.4. The monoisotopic (exact) mass is 486 g/mol. The van der Waals surface area contributed by atoms with Crippen molar-refractivity contribution in [3.63, 3.8) is 0 Å². The fourth-order valence-corrected chi connectivity index (χ4v) is 26.3. The third-order valence-electron chi connectivity index (χ3n) is 9.10. The van der Waals surface area contributed by atoms with Crippen LogP contribution in [-0.2, 0) is 26.7 Å². The molecule has 6 rings (SSSR count). The van der Waals surface area contributed by atoms with Crippen molar-refractivity contribution in [1.82, 2.24) is 0 Å². The van der Waals surface area contributed by atoms with Gasteiger partial charge < -0.3 is 0 Å². The Balaban J connectivity index is 1.58. The topological polar surface area (TPSA) is 0 Å². The van der Waals surface area contributed by atoms with Crippen LogP contribution in [0.15, 0.2) is 64.0 Å². The summed E-state index contributed by atoms with van der Waals surface area (Å²) in [5.74, 6) is 0. The molecule has 0 heterocycles. The first-order valence-corrected chi connectivity index (χ1v) is 18.3. The maximum absolute atomic E-state index is 2.90. The second-order valence-electron chi connectivity index (χ2n) is 10.5. The van der Waals surface area contributed by atoms with Gasteiger partial charge in [0.25, 0.3) is 0 Å². The quantitative estimate of drug-likeness (QED) is 0.346. The number of rotatable bonds is 4. The predicted molar refractivity (Wildman–Crippen MR) is 130 cm³/mol. The van der Waals surface area contributed by atoms with E-state index in [-0.39, 0.29) is 0 Å². The summed E-state index contributed by atoms with van der Waals surface area (Å²) >= 11 is -2.90. The summed E-state index contributed by atoms with van der Waals surface area (Å²) in [4.78, 5) is 0. The average Bonchev–Trinajstić information content (AvgIpc) is 3.50. The molecule has 31 heavy (non-hydrogen) atoms. The zero-order valence-electron chi connectivity index (χ0n) is 18.9. The Bertz CT molecular complexity index is 996. The third-order valence-corrected chi connectivity index (χ3v) is 25.1. The van der Waals surface area contributed by atoms with E-state index in [1.807, 2.05) is 6.55 Å². The summed E-state index contributed by atoms with van der Waals surface area (Å²) in [5, 5.41) is 0. The zero-order valence-corrected chi connectivity index (χ0v) is 21.4. The zero-order chi connectivity index (χ0) is 20.7. The van der Waals surface area contributed by atoms with Crippen LogP contribution in [0.5, 0.6) is 0 Å². The van der Waals surface area contributed by atoms with Crippen molar-refractivity contribution in [3.8, 4) is 11.1 Å². The number of benzene rings is 2. The Labute approximate surface area is 193 Å². The van der Waals surface area contributed by atoms with E-state index in [2.05, 4.69) is 60.7 Å². The van der Waals surface area contributed by atoms with E-state index >= 15 is 0 Å². The normalized spacial score (nSPS) is 21.7. The van der Waals surface area contributed by atoms with Gasteiger partial charge in [0, 0.05) is 0 Å². The van der Waals surface area contributed by atoms with Crippen molar-refractivity contribution in [1.29, 1.82) is 0 Å². The van der Waals surface area contributed by atoms with E-state index in [0.717, 1.165) is 7.25 Å². The van der Waals surface area contributed by atoms with Crippen LogP contribution >= 0.6 is 0 Å². The Morgan fingerprint density at radius 3 is 2.03 bits per heavy atom. The van der Waals surface area contributed by atoms with Crippen molar-refractivity contribution in [3.05, 3.63) is 75.1 Å². The minimum atomic E-state index is -2.90. The molecule has 4 aliphatic rings. The summed E-state index contributed by atoms with van der Waals surface area (Å²) in [7, 11) is 0. The van der Waals surface area contributed by atoms with Gasteiger partial charge in [-0.25, -0.2) is 0 Å². The van der Waals surface area contributed by atoms with Gasteiger partial charge in [0.1, 0.15) is 0 Å². The number of allylic oxidation sites excluding steroid dienone is 4. The molecule has 2 aromatic rings. The minimum absolute atomic E-state index is 1.02. The molecule has 0 aromatic heterocycles. The van der Waals surface area contributed by atoms with Crippen molar-refractivity contribution in [2.45, 2.75) is 84.3 Å². The summed E-state index contributed by atoms with van der Waals surface area (Å²) in [5.41, 5.74) is 6.41. The summed E-state index contributed by atoms with van der Waals surface area (Å²) in [6, 6.07) is 16.8. The molecule has 160 valence electrons. The molecule has 0 aliphatic heterocycles. The van der Waals surface area contributed by atoms with Crippen LogP contribution in [0.25, 0.3) is 11.1 Å². The number of hydrogen-bond donors (Lipinski definition) is 0. The Morgan fingerprint density at radius 1 is 0.677 bits per heavy atom. The predicted octanol–water partition coefficient (Wildman–Crippen LogP) is 8.39. The summed E-state index contributed by atoms with van der Waals surface area (Å²) in [6.07, 6.45) is 24.9. The van der Waals surface area contributed by atoms with Crippen LogP contribution in [-0.4, -0.2) is 0 Å². The van der Waals surface area contributed by atoms with Crippen molar-refractivity contribution in [2.75, 3.05) is 0 Å². The van der Waals surface area contributed by atoms with Gasteiger partial charge in [-0.2, -0.15) is 0 Å². The van der Waals surface area contributed by atoms with Crippen molar-refractivity contribution in [2.24, 2.45) is 0 Å². The number of fused-ring (bicyclic) bond motifs is 3. The molecule has 1 heteroatoms. The SMILES string of the molecule is C1=CC[C]([Zr]([c]2cccc3c2Cc2ccccc2-3)([CH]2CCCCC2)[CH]2CCCCC2)=C1. The molecule has 2 saturated carbocycles. The summed E-state index contributed by atoms with van der Waals surface area (Å²) in [6.45, 7) is 0. The molecule has 2 aromatic carbocycles. The van der Waals surface area contributed by atoms with Gasteiger partial charge >= 0.3 is 194 Å². The molecule has 0 atom stereocenters. The van der Waals surface area contributed by atoms with E-state index in [4.69, 9.17) is 0 Å². The van der Waals surface area contributed by atoms with Gasteiger partial charge in [-0.3, -0.25) is 0 Å². The molecule has 0 N–H and O–H groups in total. The van der Waals surface area contributed by atoms with Gasteiger partial charge in [0.05, 0.1) is 0 Å². The maximum atomic E-state index is 2.66. The van der Waals surface area contributed by atoms with Crippen molar-refractivity contribution >= 4 is 3.27 Å². The van der Waals surface area contributed by atoms with Crippen LogP contribution in [0.4, 0.5) is 0 Å². The molecule has 0 saturated heterocycles. The van der Waals surface area contributed by atoms with Crippen LogP contribution in [0.1, 0.15) is 81.8 Å². The van der Waals surface area contributed by atoms with Crippen LogP contribution in [0, 0.1) is 0 Å². The van der Waals surface area contributed by atoms with E-state index in [1.54, 1.807) is 16.7 Å². The van der Waals surface area contributed by atoms with Gasteiger partial charge in [0.2, 0.25) is 0 Å². The third kappa shape index (κ3) is 3.33. The molecular weight excluding hydrogens is 452 g/mol. The first kappa shape index (κ1) is 20.4. The Hall–Kier alpha value is -1.20. The fraction of sp³-hybridized carbons (Fsp3) is 0.467. The van der Waals surface area contributed by atoms with Crippen LogP contribution in [0.3, 0.4) is 0 Å². The Morgan fingerprint density at radius 2 is 1.35 bits per heavy atom. The average molecular weight is 488 g/mol. The molecular formula is C30H36Zr. The fourth-order valence-electron chi connectivity index (χ4n) is 7.89. The van der Waals surface area contributed by atoms with E-state index in [0.29, 0.717) is 0 Å². The first-order valence-electron chi connectivity index (χ1n) is 13.0. The van der Waals surface area contributed by atoms with Gasteiger partial charge in [-0.1, -0.05) is 0 Å². The van der Waals surface area contributed by atoms with Gasteiger partial charge in [-0.05, 0) is 0 Å². The van der Waals surface area contributed by atoms with E-state index in [1.165, 1.54) is 82.6 Å². The van der Waals surface area contributed by atoms with Gasteiger partial charge in [0.15, 0.2) is 0 Å². The molecule has 0 bridgehead atoms. The molecule has 0 radical (unpaired) electrons.